The van der Waals surface area contributed by atoms with E-state index in [0.717, 1.165) is 43.6 Å². The van der Waals surface area contributed by atoms with Gasteiger partial charge in [0.1, 0.15) is 11.5 Å². The van der Waals surface area contributed by atoms with Crippen LogP contribution in [-0.4, -0.2) is 11.2 Å². The first-order valence-corrected chi connectivity index (χ1v) is 5.68. The molecular weight excluding hydrogens is 188 g/mol. The molecule has 0 aliphatic carbocycles. The van der Waals surface area contributed by atoms with Gasteiger partial charge in [0.2, 0.25) is 0 Å². The molecule has 0 radical (unpaired) electrons. The molecule has 1 aliphatic rings. The highest BCUT2D eigenvalue weighted by atomic mass is 16.3. The van der Waals surface area contributed by atoms with Crippen LogP contribution in [0.4, 0.5) is 0 Å². The van der Waals surface area contributed by atoms with Crippen LogP contribution >= 0.6 is 0 Å². The summed E-state index contributed by atoms with van der Waals surface area (Å²) in [5.41, 5.74) is 1.25. The number of fused-ring (bicyclic) bond motifs is 2. The second-order valence-corrected chi connectivity index (χ2v) is 4.25. The van der Waals surface area contributed by atoms with Gasteiger partial charge in [-0.2, -0.15) is 0 Å². The zero-order chi connectivity index (χ0) is 10.7. The maximum absolute atomic E-state index is 9.63. The summed E-state index contributed by atoms with van der Waals surface area (Å²) in [6.07, 6.45) is 8.36. The van der Waals surface area contributed by atoms with Gasteiger partial charge in [0.15, 0.2) is 0 Å². The minimum absolute atomic E-state index is 0.322. The van der Waals surface area contributed by atoms with Gasteiger partial charge in [-0.3, -0.25) is 0 Å². The standard InChI is InChI=1S/C13H18O2/c1-10-9-12-8-7-11(14)5-3-2-4-6-13(10)15-12/h3,5,9,11,14H,2,4,6-8H2,1H3/b5-3-. The van der Waals surface area contributed by atoms with Crippen LogP contribution in [0.25, 0.3) is 0 Å². The molecule has 0 fully saturated rings. The van der Waals surface area contributed by atoms with Crippen LogP contribution in [0.3, 0.4) is 0 Å². The molecule has 2 bridgehead atoms. The number of aryl methyl sites for hydroxylation is 3. The molecule has 2 heteroatoms. The van der Waals surface area contributed by atoms with E-state index < -0.39 is 0 Å². The Morgan fingerprint density at radius 3 is 3.13 bits per heavy atom. The molecule has 1 unspecified atom stereocenters. The normalized spacial score (nSPS) is 24.5. The molecular formula is C13H18O2. The monoisotopic (exact) mass is 206 g/mol. The summed E-state index contributed by atoms with van der Waals surface area (Å²) in [7, 11) is 0. The Bertz CT molecular complexity index is 349. The summed E-state index contributed by atoms with van der Waals surface area (Å²) in [5.74, 6) is 2.13. The Hall–Kier alpha value is -1.02. The highest BCUT2D eigenvalue weighted by Gasteiger charge is 2.09. The molecule has 2 rings (SSSR count). The highest BCUT2D eigenvalue weighted by molar-refractivity contribution is 5.20. The van der Waals surface area contributed by atoms with E-state index in [-0.39, 0.29) is 6.10 Å². The summed E-state index contributed by atoms with van der Waals surface area (Å²) in [5, 5.41) is 9.63. The topological polar surface area (TPSA) is 33.4 Å². The molecule has 1 aliphatic heterocycles. The summed E-state index contributed by atoms with van der Waals surface area (Å²) >= 11 is 0. The van der Waals surface area contributed by atoms with Crippen LogP contribution in [0.5, 0.6) is 0 Å². The molecule has 2 nitrogen and oxygen atoms in total. The van der Waals surface area contributed by atoms with Gasteiger partial charge in [-0.25, -0.2) is 0 Å². The van der Waals surface area contributed by atoms with Crippen LogP contribution in [-0.2, 0) is 12.8 Å². The molecule has 1 aromatic rings. The molecule has 1 aromatic heterocycles. The highest BCUT2D eigenvalue weighted by Crippen LogP contribution is 2.19. The van der Waals surface area contributed by atoms with Gasteiger partial charge >= 0.3 is 0 Å². The van der Waals surface area contributed by atoms with E-state index in [2.05, 4.69) is 19.1 Å². The molecule has 82 valence electrons. The van der Waals surface area contributed by atoms with Crippen LogP contribution in [0.2, 0.25) is 0 Å². The predicted molar refractivity (Wildman–Crippen MR) is 59.9 cm³/mol. The average molecular weight is 206 g/mol. The lowest BCUT2D eigenvalue weighted by Crippen LogP contribution is -2.03. The number of furan rings is 1. The van der Waals surface area contributed by atoms with E-state index >= 15 is 0 Å². The largest absolute Gasteiger partial charge is 0.466 e. The molecule has 0 amide bonds. The van der Waals surface area contributed by atoms with Gasteiger partial charge in [-0.05, 0) is 37.8 Å². The first-order valence-electron chi connectivity index (χ1n) is 5.68. The lowest BCUT2D eigenvalue weighted by Gasteiger charge is -2.02. The fourth-order valence-electron chi connectivity index (χ4n) is 1.98. The van der Waals surface area contributed by atoms with Gasteiger partial charge in [0.25, 0.3) is 0 Å². The third kappa shape index (κ3) is 2.72. The number of rotatable bonds is 0. The maximum atomic E-state index is 9.63. The zero-order valence-electron chi connectivity index (χ0n) is 9.20. The third-order valence-electron chi connectivity index (χ3n) is 2.89. The number of aliphatic hydroxyl groups excluding tert-OH is 1. The fraction of sp³-hybridized carbons (Fsp3) is 0.538. The number of aliphatic hydroxyl groups is 1. The Kier molecular flexibility index (Phi) is 3.27. The number of hydrogen-bond donors (Lipinski definition) is 1. The van der Waals surface area contributed by atoms with Crippen molar-refractivity contribution in [3.8, 4) is 0 Å². The molecule has 0 aromatic carbocycles. The number of hydrogen-bond acceptors (Lipinski definition) is 2. The molecule has 15 heavy (non-hydrogen) atoms. The van der Waals surface area contributed by atoms with Crippen LogP contribution in [0.1, 0.15) is 36.3 Å². The van der Waals surface area contributed by atoms with Crippen molar-refractivity contribution in [2.24, 2.45) is 0 Å². The van der Waals surface area contributed by atoms with Gasteiger partial charge in [-0.15, -0.1) is 0 Å². The second-order valence-electron chi connectivity index (χ2n) is 4.25. The Morgan fingerprint density at radius 2 is 2.27 bits per heavy atom. The summed E-state index contributed by atoms with van der Waals surface area (Å²) < 4.78 is 5.76. The fourth-order valence-corrected chi connectivity index (χ4v) is 1.98. The van der Waals surface area contributed by atoms with Crippen molar-refractivity contribution in [2.75, 3.05) is 0 Å². The lowest BCUT2D eigenvalue weighted by molar-refractivity contribution is 0.209. The summed E-state index contributed by atoms with van der Waals surface area (Å²) in [6.45, 7) is 2.10. The van der Waals surface area contributed by atoms with Crippen molar-refractivity contribution >= 4 is 0 Å². The summed E-state index contributed by atoms with van der Waals surface area (Å²) in [4.78, 5) is 0. The zero-order valence-corrected chi connectivity index (χ0v) is 9.20. The first kappa shape index (κ1) is 10.5. The minimum Gasteiger partial charge on any atom is -0.466 e. The Balaban J connectivity index is 2.15. The van der Waals surface area contributed by atoms with Crippen molar-refractivity contribution in [1.29, 1.82) is 0 Å². The van der Waals surface area contributed by atoms with Crippen molar-refractivity contribution in [3.63, 3.8) is 0 Å². The lowest BCUT2D eigenvalue weighted by atomic mass is 10.1. The number of allylic oxidation sites excluding steroid dienone is 1. The second kappa shape index (κ2) is 4.67. The molecule has 2 heterocycles. The Labute approximate surface area is 90.6 Å². The molecule has 0 saturated heterocycles. The van der Waals surface area contributed by atoms with Crippen molar-refractivity contribution < 1.29 is 9.52 Å². The van der Waals surface area contributed by atoms with Crippen LogP contribution in [0, 0.1) is 6.92 Å². The average Bonchev–Trinajstić information content (AvgIpc) is 2.53. The minimum atomic E-state index is -0.322. The van der Waals surface area contributed by atoms with E-state index in [0.29, 0.717) is 0 Å². The van der Waals surface area contributed by atoms with Crippen molar-refractivity contribution in [2.45, 2.75) is 45.1 Å². The third-order valence-corrected chi connectivity index (χ3v) is 2.89. The maximum Gasteiger partial charge on any atom is 0.107 e. The molecule has 1 atom stereocenters. The van der Waals surface area contributed by atoms with E-state index in [1.165, 1.54) is 5.56 Å². The first-order chi connectivity index (χ1) is 7.25. The van der Waals surface area contributed by atoms with E-state index in [1.54, 1.807) is 0 Å². The quantitative estimate of drug-likeness (QED) is 0.662. The van der Waals surface area contributed by atoms with Crippen molar-refractivity contribution in [3.05, 3.63) is 35.3 Å². The van der Waals surface area contributed by atoms with Gasteiger partial charge in [-0.1, -0.05) is 12.2 Å². The predicted octanol–water partition coefficient (Wildman–Crippen LogP) is 2.77. The van der Waals surface area contributed by atoms with Gasteiger partial charge in [0, 0.05) is 12.8 Å². The molecule has 0 saturated carbocycles. The molecule has 0 spiro atoms. The van der Waals surface area contributed by atoms with E-state index in [4.69, 9.17) is 4.42 Å². The van der Waals surface area contributed by atoms with Crippen molar-refractivity contribution in [1.82, 2.24) is 0 Å². The van der Waals surface area contributed by atoms with E-state index in [1.807, 2.05) is 6.08 Å². The van der Waals surface area contributed by atoms with Crippen LogP contribution in [0.15, 0.2) is 22.6 Å². The molecule has 1 N–H and O–H groups in total. The van der Waals surface area contributed by atoms with Gasteiger partial charge < -0.3 is 9.52 Å². The van der Waals surface area contributed by atoms with E-state index in [9.17, 15) is 5.11 Å². The Morgan fingerprint density at radius 1 is 1.40 bits per heavy atom. The van der Waals surface area contributed by atoms with Crippen LogP contribution < -0.4 is 0 Å². The SMILES string of the molecule is Cc1cc2oc1CCC/C=C\C(O)CC2. The smallest absolute Gasteiger partial charge is 0.107 e. The van der Waals surface area contributed by atoms with Gasteiger partial charge in [0.05, 0.1) is 6.10 Å². The summed E-state index contributed by atoms with van der Waals surface area (Å²) in [6, 6.07) is 2.10.